The number of anilines is 1. The van der Waals surface area contributed by atoms with E-state index in [9.17, 15) is 4.79 Å². The van der Waals surface area contributed by atoms with Crippen molar-refractivity contribution in [3.63, 3.8) is 0 Å². The molecule has 9 heteroatoms. The van der Waals surface area contributed by atoms with Gasteiger partial charge in [-0.3, -0.25) is 15.2 Å². The highest BCUT2D eigenvalue weighted by Crippen LogP contribution is 2.43. The lowest BCUT2D eigenvalue weighted by Gasteiger charge is -2.21. The van der Waals surface area contributed by atoms with Crippen molar-refractivity contribution in [1.29, 1.82) is 5.41 Å². The lowest BCUT2D eigenvalue weighted by molar-refractivity contribution is -0.112. The van der Waals surface area contributed by atoms with Crippen molar-refractivity contribution in [2.75, 3.05) is 11.9 Å². The molecule has 3 N–H and O–H groups in total. The molecule has 0 saturated carbocycles. The molecular weight excluding hydrogens is 364 g/mol. The Hall–Kier alpha value is -3.07. The topological polar surface area (TPSA) is 105 Å². The molecule has 2 aromatic heterocycles. The fraction of sp³-hybridized carbons (Fsp3) is 0.222. The van der Waals surface area contributed by atoms with Gasteiger partial charge in [-0.2, -0.15) is 5.10 Å². The molecule has 3 aliphatic rings. The SMILES string of the molecule is Cc1cnc2c(c1)NC(=O)/C(=C1/NC=C(c3cnn4c3OCCC4)S1)C2=N. The van der Waals surface area contributed by atoms with Gasteiger partial charge < -0.3 is 15.4 Å². The average molecular weight is 380 g/mol. The molecule has 0 aliphatic carbocycles. The Morgan fingerprint density at radius 3 is 3.15 bits per heavy atom. The van der Waals surface area contributed by atoms with Crippen LogP contribution in [0.3, 0.4) is 0 Å². The number of rotatable bonds is 1. The van der Waals surface area contributed by atoms with Crippen molar-refractivity contribution >= 4 is 34.0 Å². The zero-order chi connectivity index (χ0) is 18.5. The molecule has 5 heterocycles. The summed E-state index contributed by atoms with van der Waals surface area (Å²) in [7, 11) is 0. The van der Waals surface area contributed by atoms with Crippen LogP contribution in [0, 0.1) is 12.3 Å². The second-order valence-electron chi connectivity index (χ2n) is 6.49. The summed E-state index contributed by atoms with van der Waals surface area (Å²) < 4.78 is 7.61. The Bertz CT molecular complexity index is 1070. The summed E-state index contributed by atoms with van der Waals surface area (Å²) in [6, 6.07) is 1.83. The Balaban J connectivity index is 1.48. The minimum absolute atomic E-state index is 0.117. The maximum absolute atomic E-state index is 12.6. The minimum atomic E-state index is -0.308. The molecule has 0 saturated heterocycles. The van der Waals surface area contributed by atoms with Crippen molar-refractivity contribution in [3.8, 4) is 5.88 Å². The van der Waals surface area contributed by atoms with Gasteiger partial charge in [-0.1, -0.05) is 11.8 Å². The molecule has 27 heavy (non-hydrogen) atoms. The second kappa shape index (κ2) is 5.98. The first-order chi connectivity index (χ1) is 13.1. The molecule has 2 aromatic rings. The highest BCUT2D eigenvalue weighted by molar-refractivity contribution is 8.12. The number of fused-ring (bicyclic) bond motifs is 2. The largest absolute Gasteiger partial charge is 0.477 e. The second-order valence-corrected chi connectivity index (χ2v) is 7.54. The lowest BCUT2D eigenvalue weighted by Crippen LogP contribution is -2.30. The van der Waals surface area contributed by atoms with Gasteiger partial charge in [0.25, 0.3) is 5.91 Å². The van der Waals surface area contributed by atoms with E-state index < -0.39 is 0 Å². The first kappa shape index (κ1) is 16.1. The number of thioether (sulfide) groups is 1. The van der Waals surface area contributed by atoms with E-state index in [0.29, 0.717) is 23.0 Å². The Morgan fingerprint density at radius 2 is 2.26 bits per heavy atom. The number of nitrogens with zero attached hydrogens (tertiary/aromatic N) is 3. The Labute approximate surface area is 159 Å². The van der Waals surface area contributed by atoms with E-state index >= 15 is 0 Å². The van der Waals surface area contributed by atoms with E-state index in [-0.39, 0.29) is 17.2 Å². The first-order valence-electron chi connectivity index (χ1n) is 8.57. The Kier molecular flexibility index (Phi) is 3.57. The number of carbonyl (C=O) groups is 1. The van der Waals surface area contributed by atoms with E-state index in [1.165, 1.54) is 11.8 Å². The van der Waals surface area contributed by atoms with E-state index in [2.05, 4.69) is 20.7 Å². The average Bonchev–Trinajstić information content (AvgIpc) is 3.28. The van der Waals surface area contributed by atoms with Crippen LogP contribution >= 0.6 is 11.8 Å². The fourth-order valence-electron chi connectivity index (χ4n) is 3.29. The molecule has 0 aromatic carbocycles. The van der Waals surface area contributed by atoms with Crippen LogP contribution in [-0.4, -0.2) is 33.0 Å². The standard InChI is InChI=1S/C18H16N6O2S/c1-9-5-11-15(20-6-9)14(19)13(16(25)23-11)17-21-8-12(27-17)10-7-22-24-3-2-4-26-18(10)24/h5-8,19,21H,2-4H2,1H3,(H,23,25)/b17-13-,19-14?. The van der Waals surface area contributed by atoms with Crippen LogP contribution in [0.15, 0.2) is 35.3 Å². The normalized spacial score (nSPS) is 21.0. The van der Waals surface area contributed by atoms with Crippen molar-refractivity contribution in [2.45, 2.75) is 19.9 Å². The van der Waals surface area contributed by atoms with Gasteiger partial charge in [0.2, 0.25) is 5.88 Å². The van der Waals surface area contributed by atoms with E-state index in [1.54, 1.807) is 12.4 Å². The van der Waals surface area contributed by atoms with E-state index in [1.807, 2.05) is 23.9 Å². The molecule has 0 bridgehead atoms. The number of aryl methyl sites for hydroxylation is 2. The number of aromatic nitrogens is 3. The summed E-state index contributed by atoms with van der Waals surface area (Å²) in [5, 5.41) is 19.4. The van der Waals surface area contributed by atoms with Gasteiger partial charge in [-0.15, -0.1) is 0 Å². The minimum Gasteiger partial charge on any atom is -0.477 e. The number of amides is 1. The van der Waals surface area contributed by atoms with E-state index in [4.69, 9.17) is 10.1 Å². The maximum atomic E-state index is 12.6. The molecule has 0 unspecified atom stereocenters. The molecular formula is C18H16N6O2S. The van der Waals surface area contributed by atoms with Gasteiger partial charge in [0.05, 0.1) is 40.4 Å². The molecule has 0 atom stereocenters. The summed E-state index contributed by atoms with van der Waals surface area (Å²) >= 11 is 1.40. The number of carbonyl (C=O) groups excluding carboxylic acids is 1. The number of nitrogens with one attached hydrogen (secondary N) is 3. The van der Waals surface area contributed by atoms with E-state index in [0.717, 1.165) is 34.9 Å². The van der Waals surface area contributed by atoms with Gasteiger partial charge in [-0.25, -0.2) is 4.68 Å². The molecule has 0 fully saturated rings. The molecule has 3 aliphatic heterocycles. The Morgan fingerprint density at radius 1 is 1.37 bits per heavy atom. The highest BCUT2D eigenvalue weighted by atomic mass is 32.2. The first-order valence-corrected chi connectivity index (χ1v) is 9.38. The van der Waals surface area contributed by atoms with Crippen molar-refractivity contribution in [3.05, 3.63) is 52.1 Å². The number of hydrogen-bond donors (Lipinski definition) is 3. The summed E-state index contributed by atoms with van der Waals surface area (Å²) in [6.45, 7) is 3.41. The summed E-state index contributed by atoms with van der Waals surface area (Å²) in [5.41, 5.74) is 3.28. The molecule has 136 valence electrons. The maximum Gasteiger partial charge on any atom is 0.260 e. The van der Waals surface area contributed by atoms with Gasteiger partial charge >= 0.3 is 0 Å². The van der Waals surface area contributed by atoms with Gasteiger partial charge in [0.15, 0.2) is 0 Å². The van der Waals surface area contributed by atoms with Crippen LogP contribution in [0.25, 0.3) is 4.91 Å². The zero-order valence-corrected chi connectivity index (χ0v) is 15.3. The molecule has 5 rings (SSSR count). The smallest absolute Gasteiger partial charge is 0.260 e. The predicted molar refractivity (Wildman–Crippen MR) is 103 cm³/mol. The van der Waals surface area contributed by atoms with Gasteiger partial charge in [-0.05, 0) is 18.6 Å². The van der Waals surface area contributed by atoms with Crippen LogP contribution in [0.1, 0.15) is 23.2 Å². The van der Waals surface area contributed by atoms with Gasteiger partial charge in [0, 0.05) is 30.3 Å². The third kappa shape index (κ3) is 2.54. The van der Waals surface area contributed by atoms with Crippen LogP contribution < -0.4 is 15.4 Å². The quantitative estimate of drug-likeness (QED) is 0.656. The van der Waals surface area contributed by atoms with Crippen LogP contribution in [-0.2, 0) is 11.3 Å². The number of ether oxygens (including phenoxy) is 1. The van der Waals surface area contributed by atoms with Crippen LogP contribution in [0.4, 0.5) is 5.69 Å². The monoisotopic (exact) mass is 380 g/mol. The summed E-state index contributed by atoms with van der Waals surface area (Å²) in [5.74, 6) is 0.441. The third-order valence-corrected chi connectivity index (χ3v) is 5.65. The summed E-state index contributed by atoms with van der Waals surface area (Å²) in [6.07, 6.45) is 6.24. The number of hydrogen-bond acceptors (Lipinski definition) is 7. The molecule has 8 nitrogen and oxygen atoms in total. The predicted octanol–water partition coefficient (Wildman–Crippen LogP) is 2.24. The van der Waals surface area contributed by atoms with Crippen LogP contribution in [0.5, 0.6) is 5.88 Å². The third-order valence-electron chi connectivity index (χ3n) is 4.57. The van der Waals surface area contributed by atoms with Gasteiger partial charge in [0.1, 0.15) is 5.69 Å². The van der Waals surface area contributed by atoms with Crippen molar-refractivity contribution in [2.24, 2.45) is 0 Å². The van der Waals surface area contributed by atoms with Crippen molar-refractivity contribution in [1.82, 2.24) is 20.1 Å². The molecule has 1 amide bonds. The summed E-state index contributed by atoms with van der Waals surface area (Å²) in [4.78, 5) is 17.9. The van der Waals surface area contributed by atoms with Crippen LogP contribution in [0.2, 0.25) is 0 Å². The fourth-order valence-corrected chi connectivity index (χ4v) is 4.29. The zero-order valence-electron chi connectivity index (χ0n) is 14.5. The molecule has 0 spiro atoms. The highest BCUT2D eigenvalue weighted by Gasteiger charge is 2.33. The van der Waals surface area contributed by atoms with Crippen molar-refractivity contribution < 1.29 is 9.53 Å². The molecule has 0 radical (unpaired) electrons. The number of pyridine rings is 1. The lowest BCUT2D eigenvalue weighted by atomic mass is 10.0.